The van der Waals surface area contributed by atoms with Gasteiger partial charge in [-0.15, -0.1) is 0 Å². The first-order chi connectivity index (χ1) is 10.4. The Morgan fingerprint density at radius 1 is 1.23 bits per heavy atom. The van der Waals surface area contributed by atoms with Crippen molar-refractivity contribution in [2.75, 3.05) is 5.32 Å². The second-order valence-electron chi connectivity index (χ2n) is 4.65. The summed E-state index contributed by atoms with van der Waals surface area (Å²) >= 11 is 0. The van der Waals surface area contributed by atoms with Crippen molar-refractivity contribution in [1.82, 2.24) is 9.97 Å². The number of hydrogen-bond donors (Lipinski definition) is 1. The second-order valence-corrected chi connectivity index (χ2v) is 4.65. The number of amides is 1. The van der Waals surface area contributed by atoms with Crippen molar-refractivity contribution in [1.29, 1.82) is 0 Å². The summed E-state index contributed by atoms with van der Waals surface area (Å²) in [6, 6.07) is 7.80. The highest BCUT2D eigenvalue weighted by atomic mass is 16.6. The first-order valence-corrected chi connectivity index (χ1v) is 6.50. The highest BCUT2D eigenvalue weighted by Gasteiger charge is 2.05. The van der Waals surface area contributed by atoms with E-state index in [9.17, 15) is 14.9 Å². The lowest BCUT2D eigenvalue weighted by molar-refractivity contribution is -0.384. The van der Waals surface area contributed by atoms with E-state index in [0.717, 1.165) is 11.4 Å². The molecule has 2 rings (SSSR count). The van der Waals surface area contributed by atoms with E-state index in [-0.39, 0.29) is 11.6 Å². The molecule has 0 bridgehead atoms. The number of rotatable bonds is 4. The van der Waals surface area contributed by atoms with Crippen LogP contribution in [-0.2, 0) is 4.79 Å². The minimum Gasteiger partial charge on any atom is -0.291 e. The van der Waals surface area contributed by atoms with Crippen LogP contribution < -0.4 is 5.32 Å². The zero-order valence-corrected chi connectivity index (χ0v) is 12.1. The standard InChI is InChI=1S/C15H14N4O3/c1-10-8-11(2)17-15(16-10)18-14(20)7-6-12-4-3-5-13(9-12)19(21)22/h3-9H,1-2H3,(H,16,17,18,20)/b7-6+. The Kier molecular flexibility index (Phi) is 4.57. The van der Waals surface area contributed by atoms with Gasteiger partial charge in [0.1, 0.15) is 0 Å². The van der Waals surface area contributed by atoms with Crippen molar-refractivity contribution in [3.05, 3.63) is 63.5 Å². The number of aromatic nitrogens is 2. The minimum absolute atomic E-state index is 0.0276. The Balaban J connectivity index is 2.08. The Hall–Kier alpha value is -3.09. The molecule has 112 valence electrons. The van der Waals surface area contributed by atoms with E-state index >= 15 is 0 Å². The molecule has 0 atom stereocenters. The SMILES string of the molecule is Cc1cc(C)nc(NC(=O)/C=C/c2cccc([N+](=O)[O-])c2)n1. The van der Waals surface area contributed by atoms with E-state index in [1.54, 1.807) is 18.2 Å². The second kappa shape index (κ2) is 6.57. The summed E-state index contributed by atoms with van der Waals surface area (Å²) in [7, 11) is 0. The highest BCUT2D eigenvalue weighted by molar-refractivity contribution is 6.00. The third-order valence-electron chi connectivity index (χ3n) is 2.73. The minimum atomic E-state index is -0.485. The fraction of sp³-hybridized carbons (Fsp3) is 0.133. The number of non-ortho nitro benzene ring substituents is 1. The Morgan fingerprint density at radius 3 is 2.55 bits per heavy atom. The van der Waals surface area contributed by atoms with Crippen LogP contribution in [0.4, 0.5) is 11.6 Å². The van der Waals surface area contributed by atoms with E-state index in [0.29, 0.717) is 5.56 Å². The molecular weight excluding hydrogens is 284 g/mol. The van der Waals surface area contributed by atoms with Crippen LogP contribution in [0.3, 0.4) is 0 Å². The average molecular weight is 298 g/mol. The van der Waals surface area contributed by atoms with Gasteiger partial charge < -0.3 is 0 Å². The topological polar surface area (TPSA) is 98.0 Å². The number of carbonyl (C=O) groups is 1. The van der Waals surface area contributed by atoms with Gasteiger partial charge in [-0.1, -0.05) is 12.1 Å². The molecule has 0 aliphatic heterocycles. The molecule has 22 heavy (non-hydrogen) atoms. The Bertz CT molecular complexity index is 736. The van der Waals surface area contributed by atoms with Gasteiger partial charge in [-0.25, -0.2) is 9.97 Å². The monoisotopic (exact) mass is 298 g/mol. The molecule has 0 saturated carbocycles. The molecule has 1 aromatic heterocycles. The Labute approximate surface area is 126 Å². The van der Waals surface area contributed by atoms with E-state index in [4.69, 9.17) is 0 Å². The number of hydrogen-bond acceptors (Lipinski definition) is 5. The average Bonchev–Trinajstić information content (AvgIpc) is 2.44. The van der Waals surface area contributed by atoms with Crippen LogP contribution in [0.15, 0.2) is 36.4 Å². The molecule has 1 aromatic carbocycles. The molecule has 0 saturated heterocycles. The number of nitro groups is 1. The van der Waals surface area contributed by atoms with Crippen LogP contribution in [0, 0.1) is 24.0 Å². The molecule has 0 spiro atoms. The number of aryl methyl sites for hydroxylation is 2. The molecule has 1 heterocycles. The number of benzene rings is 1. The smallest absolute Gasteiger partial charge is 0.270 e. The van der Waals surface area contributed by atoms with E-state index in [1.165, 1.54) is 24.3 Å². The van der Waals surface area contributed by atoms with Gasteiger partial charge in [-0.05, 0) is 31.6 Å². The lowest BCUT2D eigenvalue weighted by atomic mass is 10.2. The number of anilines is 1. The van der Waals surface area contributed by atoms with Crippen molar-refractivity contribution in [3.8, 4) is 0 Å². The highest BCUT2D eigenvalue weighted by Crippen LogP contribution is 2.14. The molecule has 0 aliphatic carbocycles. The zero-order chi connectivity index (χ0) is 16.1. The van der Waals surface area contributed by atoms with E-state index < -0.39 is 10.8 Å². The van der Waals surface area contributed by atoms with Crippen molar-refractivity contribution < 1.29 is 9.72 Å². The fourth-order valence-electron chi connectivity index (χ4n) is 1.85. The number of nitrogens with zero attached hydrogens (tertiary/aromatic N) is 3. The maximum Gasteiger partial charge on any atom is 0.270 e. The quantitative estimate of drug-likeness (QED) is 0.531. The van der Waals surface area contributed by atoms with Crippen LogP contribution in [0.25, 0.3) is 6.08 Å². The molecule has 1 N–H and O–H groups in total. The van der Waals surface area contributed by atoms with Gasteiger partial charge in [0.05, 0.1) is 4.92 Å². The first kappa shape index (κ1) is 15.3. The molecule has 1 amide bonds. The molecule has 0 radical (unpaired) electrons. The van der Waals surface area contributed by atoms with E-state index in [1.807, 2.05) is 13.8 Å². The predicted octanol–water partition coefficient (Wildman–Crippen LogP) is 2.65. The fourth-order valence-corrected chi connectivity index (χ4v) is 1.85. The first-order valence-electron chi connectivity index (χ1n) is 6.50. The van der Waals surface area contributed by atoms with Gasteiger partial charge in [0, 0.05) is 29.6 Å². The summed E-state index contributed by atoms with van der Waals surface area (Å²) in [5, 5.41) is 13.2. The normalized spacial score (nSPS) is 10.6. The Morgan fingerprint density at radius 2 is 1.91 bits per heavy atom. The lowest BCUT2D eigenvalue weighted by Crippen LogP contribution is -2.11. The number of carbonyl (C=O) groups excluding carboxylic acids is 1. The van der Waals surface area contributed by atoms with Crippen molar-refractivity contribution in [2.24, 2.45) is 0 Å². The largest absolute Gasteiger partial charge is 0.291 e. The van der Waals surface area contributed by atoms with Gasteiger partial charge in [0.15, 0.2) is 0 Å². The van der Waals surface area contributed by atoms with Crippen molar-refractivity contribution in [3.63, 3.8) is 0 Å². The van der Waals surface area contributed by atoms with Crippen LogP contribution in [0.2, 0.25) is 0 Å². The van der Waals surface area contributed by atoms with Crippen LogP contribution >= 0.6 is 0 Å². The lowest BCUT2D eigenvalue weighted by Gasteiger charge is -2.02. The van der Waals surface area contributed by atoms with Crippen LogP contribution in [0.5, 0.6) is 0 Å². The maximum atomic E-state index is 11.8. The summed E-state index contributed by atoms with van der Waals surface area (Å²) in [4.78, 5) is 30.2. The summed E-state index contributed by atoms with van der Waals surface area (Å²) in [6.45, 7) is 3.62. The summed E-state index contributed by atoms with van der Waals surface area (Å²) in [6.07, 6.45) is 2.77. The van der Waals surface area contributed by atoms with Gasteiger partial charge in [-0.2, -0.15) is 0 Å². The summed E-state index contributed by atoms with van der Waals surface area (Å²) in [5.41, 5.74) is 2.04. The molecule has 7 heteroatoms. The van der Waals surface area contributed by atoms with Crippen molar-refractivity contribution >= 4 is 23.6 Å². The third-order valence-corrected chi connectivity index (χ3v) is 2.73. The van der Waals surface area contributed by atoms with Crippen LogP contribution in [-0.4, -0.2) is 20.8 Å². The molecular formula is C15H14N4O3. The van der Waals surface area contributed by atoms with Gasteiger partial charge in [-0.3, -0.25) is 20.2 Å². The summed E-state index contributed by atoms with van der Waals surface area (Å²) in [5.74, 6) is -0.178. The molecule has 0 fully saturated rings. The van der Waals surface area contributed by atoms with Gasteiger partial charge in [0.25, 0.3) is 11.6 Å². The summed E-state index contributed by atoms with van der Waals surface area (Å²) < 4.78 is 0. The zero-order valence-electron chi connectivity index (χ0n) is 12.1. The van der Waals surface area contributed by atoms with Crippen LogP contribution in [0.1, 0.15) is 17.0 Å². The molecule has 0 unspecified atom stereocenters. The van der Waals surface area contributed by atoms with Crippen molar-refractivity contribution in [2.45, 2.75) is 13.8 Å². The van der Waals surface area contributed by atoms with E-state index in [2.05, 4.69) is 15.3 Å². The molecule has 2 aromatic rings. The molecule has 7 nitrogen and oxygen atoms in total. The molecule has 0 aliphatic rings. The van der Waals surface area contributed by atoms with Gasteiger partial charge in [0.2, 0.25) is 5.95 Å². The van der Waals surface area contributed by atoms with Gasteiger partial charge >= 0.3 is 0 Å². The maximum absolute atomic E-state index is 11.8. The third kappa shape index (κ3) is 4.20. The number of nitro benzene ring substituents is 1. The predicted molar refractivity (Wildman–Crippen MR) is 82.3 cm³/mol. The number of nitrogens with one attached hydrogen (secondary N) is 1.